The zero-order valence-corrected chi connectivity index (χ0v) is 13.0. The van der Waals surface area contributed by atoms with Gasteiger partial charge in [-0.1, -0.05) is 18.5 Å². The molecule has 4 nitrogen and oxygen atoms in total. The molecule has 1 amide bonds. The van der Waals surface area contributed by atoms with E-state index in [1.54, 1.807) is 18.2 Å². The molecule has 0 aliphatic rings. The number of ether oxygens (including phenoxy) is 1. The first-order valence-electron chi connectivity index (χ1n) is 6.04. The maximum Gasteiger partial charge on any atom is 0.258 e. The van der Waals surface area contributed by atoms with E-state index in [9.17, 15) is 4.79 Å². The normalized spacial score (nSPS) is 12.0. The van der Waals surface area contributed by atoms with Crippen molar-refractivity contribution in [1.29, 1.82) is 0 Å². The van der Waals surface area contributed by atoms with E-state index >= 15 is 0 Å². The van der Waals surface area contributed by atoms with Crippen LogP contribution < -0.4 is 10.1 Å². The monoisotopic (exact) mass is 349 g/mol. The number of hydrogen-bond acceptors (Lipinski definition) is 3. The van der Waals surface area contributed by atoms with Crippen LogP contribution in [0.3, 0.4) is 0 Å². The van der Waals surface area contributed by atoms with Gasteiger partial charge in [-0.25, -0.2) is 0 Å². The van der Waals surface area contributed by atoms with E-state index in [0.29, 0.717) is 21.7 Å². The van der Waals surface area contributed by atoms with Crippen LogP contribution >= 0.6 is 27.5 Å². The van der Waals surface area contributed by atoms with E-state index in [2.05, 4.69) is 21.2 Å². The Kier molecular flexibility index (Phi) is 7.20. The molecule has 1 rings (SSSR count). The minimum absolute atomic E-state index is 0.0187. The van der Waals surface area contributed by atoms with Crippen LogP contribution in [0.5, 0.6) is 5.75 Å². The summed E-state index contributed by atoms with van der Waals surface area (Å²) in [5, 5.41) is 12.2. The second-order valence-electron chi connectivity index (χ2n) is 4.05. The van der Waals surface area contributed by atoms with E-state index in [0.717, 1.165) is 6.42 Å². The number of nitrogens with one attached hydrogen (secondary N) is 1. The summed E-state index contributed by atoms with van der Waals surface area (Å²) in [5.41, 5.74) is 0. The first-order valence-corrected chi connectivity index (χ1v) is 7.22. The zero-order chi connectivity index (χ0) is 14.3. The molecule has 0 aliphatic carbocycles. The topological polar surface area (TPSA) is 58.6 Å². The average molecular weight is 351 g/mol. The largest absolute Gasteiger partial charge is 0.483 e. The molecule has 0 radical (unpaired) electrons. The molecule has 0 bridgehead atoms. The Morgan fingerprint density at radius 1 is 1.58 bits per heavy atom. The molecule has 2 N–H and O–H groups in total. The van der Waals surface area contributed by atoms with Gasteiger partial charge in [-0.2, -0.15) is 0 Å². The number of benzene rings is 1. The molecule has 19 heavy (non-hydrogen) atoms. The molecule has 0 fully saturated rings. The lowest BCUT2D eigenvalue weighted by atomic mass is 10.1. The number of carbonyl (C=O) groups excluding carboxylic acids is 1. The van der Waals surface area contributed by atoms with Crippen molar-refractivity contribution in [1.82, 2.24) is 5.32 Å². The minimum atomic E-state index is -0.206. The summed E-state index contributed by atoms with van der Waals surface area (Å²) in [6, 6.07) is 5.08. The van der Waals surface area contributed by atoms with E-state index in [4.69, 9.17) is 21.4 Å². The maximum absolute atomic E-state index is 11.7. The summed E-state index contributed by atoms with van der Waals surface area (Å²) >= 11 is 9.13. The molecule has 106 valence electrons. The smallest absolute Gasteiger partial charge is 0.258 e. The lowest BCUT2D eigenvalue weighted by molar-refractivity contribution is -0.123. The van der Waals surface area contributed by atoms with Crippen molar-refractivity contribution in [3.63, 3.8) is 0 Å². The summed E-state index contributed by atoms with van der Waals surface area (Å²) in [5.74, 6) is 0.358. The summed E-state index contributed by atoms with van der Waals surface area (Å²) in [6.07, 6.45) is 1.32. The predicted octanol–water partition coefficient (Wildman–Crippen LogP) is 2.76. The number of halogens is 2. The number of aliphatic hydroxyl groups excluding tert-OH is 1. The van der Waals surface area contributed by atoms with Crippen molar-refractivity contribution in [3.8, 4) is 5.75 Å². The van der Waals surface area contributed by atoms with Gasteiger partial charge in [0.2, 0.25) is 0 Å². The number of amides is 1. The molecule has 0 saturated heterocycles. The van der Waals surface area contributed by atoms with E-state index in [1.165, 1.54) is 0 Å². The molecule has 1 aromatic carbocycles. The van der Waals surface area contributed by atoms with Crippen molar-refractivity contribution in [2.45, 2.75) is 25.8 Å². The Labute approximate surface area is 126 Å². The molecular weight excluding hydrogens is 334 g/mol. The van der Waals surface area contributed by atoms with Gasteiger partial charge >= 0.3 is 0 Å². The van der Waals surface area contributed by atoms with Crippen LogP contribution in [0.25, 0.3) is 0 Å². The molecule has 1 atom stereocenters. The van der Waals surface area contributed by atoms with Crippen LogP contribution in [0.15, 0.2) is 22.7 Å². The molecule has 1 unspecified atom stereocenters. The SMILES string of the molecule is CCC(CCO)NC(=O)COc1ccc(Cl)cc1Br. The van der Waals surface area contributed by atoms with Gasteiger partial charge < -0.3 is 15.2 Å². The third-order valence-electron chi connectivity index (χ3n) is 2.59. The first kappa shape index (κ1) is 16.3. The van der Waals surface area contributed by atoms with Gasteiger partial charge in [-0.05, 0) is 47.0 Å². The second kappa shape index (κ2) is 8.40. The van der Waals surface area contributed by atoms with Gasteiger partial charge in [0, 0.05) is 17.7 Å². The van der Waals surface area contributed by atoms with Crippen LogP contribution in [0, 0.1) is 0 Å². The van der Waals surface area contributed by atoms with Crippen molar-refractivity contribution >= 4 is 33.4 Å². The fourth-order valence-electron chi connectivity index (χ4n) is 1.54. The standard InChI is InChI=1S/C13H17BrClNO3/c1-2-10(5-6-17)16-13(18)8-19-12-4-3-9(15)7-11(12)14/h3-4,7,10,17H,2,5-6,8H2,1H3,(H,16,18). The van der Waals surface area contributed by atoms with E-state index < -0.39 is 0 Å². The molecule has 0 aliphatic heterocycles. The summed E-state index contributed by atoms with van der Waals surface area (Å²) < 4.78 is 6.10. The number of rotatable bonds is 7. The molecule has 1 aromatic rings. The van der Waals surface area contributed by atoms with Crippen LogP contribution in [-0.4, -0.2) is 30.3 Å². The fraction of sp³-hybridized carbons (Fsp3) is 0.462. The lowest BCUT2D eigenvalue weighted by Gasteiger charge is -2.16. The molecular formula is C13H17BrClNO3. The Bertz CT molecular complexity index is 428. The van der Waals surface area contributed by atoms with Crippen LogP contribution in [0.2, 0.25) is 5.02 Å². The zero-order valence-electron chi connectivity index (χ0n) is 10.7. The molecule has 0 heterocycles. The van der Waals surface area contributed by atoms with Crippen molar-refractivity contribution < 1.29 is 14.6 Å². The van der Waals surface area contributed by atoms with Crippen LogP contribution in [0.4, 0.5) is 0 Å². The number of carbonyl (C=O) groups is 1. The van der Waals surface area contributed by atoms with Crippen molar-refractivity contribution in [3.05, 3.63) is 27.7 Å². The van der Waals surface area contributed by atoms with Gasteiger partial charge in [0.15, 0.2) is 6.61 Å². The highest BCUT2D eigenvalue weighted by Gasteiger charge is 2.11. The van der Waals surface area contributed by atoms with Crippen LogP contribution in [0.1, 0.15) is 19.8 Å². The number of aliphatic hydroxyl groups is 1. The van der Waals surface area contributed by atoms with Crippen molar-refractivity contribution in [2.75, 3.05) is 13.2 Å². The highest BCUT2D eigenvalue weighted by atomic mass is 79.9. The van der Waals surface area contributed by atoms with Gasteiger partial charge in [-0.3, -0.25) is 4.79 Å². The highest BCUT2D eigenvalue weighted by Crippen LogP contribution is 2.27. The fourth-order valence-corrected chi connectivity index (χ4v) is 2.34. The molecule has 0 spiro atoms. The molecule has 0 aromatic heterocycles. The van der Waals surface area contributed by atoms with E-state index in [1.807, 2.05) is 6.92 Å². The van der Waals surface area contributed by atoms with Crippen LogP contribution in [-0.2, 0) is 4.79 Å². The van der Waals surface area contributed by atoms with Gasteiger partial charge in [0.25, 0.3) is 5.91 Å². The summed E-state index contributed by atoms with van der Waals surface area (Å²) in [7, 11) is 0. The quantitative estimate of drug-likeness (QED) is 0.795. The summed E-state index contributed by atoms with van der Waals surface area (Å²) in [6.45, 7) is 1.95. The Morgan fingerprint density at radius 3 is 2.89 bits per heavy atom. The van der Waals surface area contributed by atoms with Gasteiger partial charge in [-0.15, -0.1) is 0 Å². The predicted molar refractivity (Wildman–Crippen MR) is 78.6 cm³/mol. The first-order chi connectivity index (χ1) is 9.06. The third-order valence-corrected chi connectivity index (χ3v) is 3.44. The average Bonchev–Trinajstić information content (AvgIpc) is 2.37. The van der Waals surface area contributed by atoms with Crippen molar-refractivity contribution in [2.24, 2.45) is 0 Å². The Balaban J connectivity index is 2.45. The lowest BCUT2D eigenvalue weighted by Crippen LogP contribution is -2.38. The Morgan fingerprint density at radius 2 is 2.32 bits per heavy atom. The summed E-state index contributed by atoms with van der Waals surface area (Å²) in [4.78, 5) is 11.7. The van der Waals surface area contributed by atoms with E-state index in [-0.39, 0.29) is 25.2 Å². The van der Waals surface area contributed by atoms with Gasteiger partial charge in [0.05, 0.1) is 4.47 Å². The third kappa shape index (κ3) is 5.80. The number of hydrogen-bond donors (Lipinski definition) is 2. The highest BCUT2D eigenvalue weighted by molar-refractivity contribution is 9.10. The second-order valence-corrected chi connectivity index (χ2v) is 5.34. The molecule has 0 saturated carbocycles. The molecule has 6 heteroatoms. The minimum Gasteiger partial charge on any atom is -0.483 e. The Hall–Kier alpha value is -0.780. The van der Waals surface area contributed by atoms with Gasteiger partial charge in [0.1, 0.15) is 5.75 Å². The maximum atomic E-state index is 11.7.